The molecule has 0 amide bonds. The Labute approximate surface area is 71.8 Å². The first kappa shape index (κ1) is 10.4. The second-order valence-corrected chi connectivity index (χ2v) is 2.46. The zero-order chi connectivity index (χ0) is 8.69. The highest BCUT2D eigenvalue weighted by Gasteiger charge is 2.00. The molecule has 0 fully saturated rings. The SMILES string of the molecule is C=C/C=C\C=C(/C)C(Cl)NO. The third kappa shape index (κ3) is 4.79. The Kier molecular flexibility index (Phi) is 5.84. The summed E-state index contributed by atoms with van der Waals surface area (Å²) in [6.07, 6.45) is 7.04. The molecule has 0 bridgehead atoms. The molecule has 2 N–H and O–H groups in total. The second-order valence-electron chi connectivity index (χ2n) is 2.02. The van der Waals surface area contributed by atoms with E-state index in [1.807, 2.05) is 12.4 Å². The summed E-state index contributed by atoms with van der Waals surface area (Å²) >= 11 is 5.61. The molecule has 1 unspecified atom stereocenters. The van der Waals surface area contributed by atoms with Gasteiger partial charge in [0, 0.05) is 0 Å². The van der Waals surface area contributed by atoms with Gasteiger partial charge in [0.05, 0.1) is 0 Å². The van der Waals surface area contributed by atoms with Crippen molar-refractivity contribution in [2.75, 3.05) is 0 Å². The van der Waals surface area contributed by atoms with Crippen LogP contribution >= 0.6 is 11.6 Å². The zero-order valence-corrected chi connectivity index (χ0v) is 7.17. The largest absolute Gasteiger partial charge is 0.315 e. The van der Waals surface area contributed by atoms with E-state index in [0.29, 0.717) is 0 Å². The Morgan fingerprint density at radius 3 is 2.73 bits per heavy atom. The molecule has 0 radical (unpaired) electrons. The van der Waals surface area contributed by atoms with Crippen molar-refractivity contribution in [3.8, 4) is 0 Å². The molecule has 0 heterocycles. The predicted molar refractivity (Wildman–Crippen MR) is 47.7 cm³/mol. The molecular weight excluding hydrogens is 162 g/mol. The number of rotatable bonds is 4. The third-order valence-corrected chi connectivity index (χ3v) is 1.56. The topological polar surface area (TPSA) is 32.3 Å². The predicted octanol–water partition coefficient (Wildman–Crippen LogP) is 2.22. The van der Waals surface area contributed by atoms with Crippen molar-refractivity contribution in [2.24, 2.45) is 0 Å². The molecule has 0 rings (SSSR count). The van der Waals surface area contributed by atoms with Gasteiger partial charge in [-0.3, -0.25) is 0 Å². The van der Waals surface area contributed by atoms with Gasteiger partial charge < -0.3 is 5.21 Å². The van der Waals surface area contributed by atoms with E-state index in [4.69, 9.17) is 16.8 Å². The molecule has 2 nitrogen and oxygen atoms in total. The molecule has 0 spiro atoms. The minimum absolute atomic E-state index is 0.524. The van der Waals surface area contributed by atoms with E-state index in [-0.39, 0.29) is 0 Å². The first-order valence-electron chi connectivity index (χ1n) is 3.22. The quantitative estimate of drug-likeness (QED) is 0.296. The molecule has 0 saturated heterocycles. The van der Waals surface area contributed by atoms with Crippen molar-refractivity contribution >= 4 is 11.6 Å². The fourth-order valence-electron chi connectivity index (χ4n) is 0.472. The maximum absolute atomic E-state index is 8.39. The van der Waals surface area contributed by atoms with Crippen molar-refractivity contribution in [1.82, 2.24) is 5.48 Å². The van der Waals surface area contributed by atoms with Crippen LogP contribution in [0.3, 0.4) is 0 Å². The number of alkyl halides is 1. The van der Waals surface area contributed by atoms with Crippen LogP contribution in [0.25, 0.3) is 0 Å². The van der Waals surface area contributed by atoms with Crippen LogP contribution in [0.15, 0.2) is 36.5 Å². The van der Waals surface area contributed by atoms with Gasteiger partial charge in [-0.05, 0) is 12.5 Å². The van der Waals surface area contributed by atoms with Gasteiger partial charge in [-0.15, -0.1) is 0 Å². The summed E-state index contributed by atoms with van der Waals surface area (Å²) in [4.78, 5) is 0. The molecule has 11 heavy (non-hydrogen) atoms. The smallest absolute Gasteiger partial charge is 0.127 e. The molecule has 0 aromatic heterocycles. The monoisotopic (exact) mass is 173 g/mol. The fourth-order valence-corrected chi connectivity index (χ4v) is 0.545. The van der Waals surface area contributed by atoms with Crippen LogP contribution in [0, 0.1) is 0 Å². The van der Waals surface area contributed by atoms with Crippen LogP contribution in [-0.4, -0.2) is 10.7 Å². The lowest BCUT2D eigenvalue weighted by Crippen LogP contribution is -2.19. The van der Waals surface area contributed by atoms with Gasteiger partial charge in [0.1, 0.15) is 5.50 Å². The minimum Gasteiger partial charge on any atom is -0.315 e. The van der Waals surface area contributed by atoms with Gasteiger partial charge in [-0.1, -0.05) is 42.5 Å². The average molecular weight is 174 g/mol. The summed E-state index contributed by atoms with van der Waals surface area (Å²) in [6, 6.07) is 0. The summed E-state index contributed by atoms with van der Waals surface area (Å²) < 4.78 is 0. The van der Waals surface area contributed by atoms with Crippen molar-refractivity contribution in [3.05, 3.63) is 36.5 Å². The first-order chi connectivity index (χ1) is 5.22. The Balaban J connectivity index is 3.98. The number of allylic oxidation sites excluding steroid dienone is 4. The third-order valence-electron chi connectivity index (χ3n) is 1.12. The van der Waals surface area contributed by atoms with Gasteiger partial charge in [0.15, 0.2) is 0 Å². The zero-order valence-electron chi connectivity index (χ0n) is 6.42. The summed E-state index contributed by atoms with van der Waals surface area (Å²) in [7, 11) is 0. The summed E-state index contributed by atoms with van der Waals surface area (Å²) in [5, 5.41) is 8.39. The Morgan fingerprint density at radius 1 is 1.64 bits per heavy atom. The summed E-state index contributed by atoms with van der Waals surface area (Å²) in [6.45, 7) is 5.32. The van der Waals surface area contributed by atoms with E-state index in [1.165, 1.54) is 0 Å². The lowest BCUT2D eigenvalue weighted by atomic mass is 10.2. The highest BCUT2D eigenvalue weighted by Crippen LogP contribution is 2.04. The molecule has 0 saturated carbocycles. The summed E-state index contributed by atoms with van der Waals surface area (Å²) in [5.74, 6) is 0. The van der Waals surface area contributed by atoms with Crippen LogP contribution in [0.1, 0.15) is 6.92 Å². The molecule has 1 atom stereocenters. The fraction of sp³-hybridized carbons (Fsp3) is 0.250. The number of hydrogen-bond donors (Lipinski definition) is 2. The molecule has 0 aliphatic rings. The second kappa shape index (κ2) is 6.16. The van der Waals surface area contributed by atoms with E-state index >= 15 is 0 Å². The molecular formula is C8H12ClNO. The molecule has 0 aliphatic carbocycles. The van der Waals surface area contributed by atoms with Gasteiger partial charge in [-0.2, -0.15) is 5.48 Å². The Morgan fingerprint density at radius 2 is 2.27 bits per heavy atom. The average Bonchev–Trinajstić information content (AvgIpc) is 2.03. The van der Waals surface area contributed by atoms with Crippen molar-refractivity contribution in [1.29, 1.82) is 0 Å². The van der Waals surface area contributed by atoms with Crippen molar-refractivity contribution in [3.63, 3.8) is 0 Å². The number of halogens is 1. The van der Waals surface area contributed by atoms with Crippen molar-refractivity contribution < 1.29 is 5.21 Å². The molecule has 0 aromatic carbocycles. The molecule has 3 heteroatoms. The van der Waals surface area contributed by atoms with E-state index in [2.05, 4.69) is 6.58 Å². The normalized spacial score (nSPS) is 15.4. The van der Waals surface area contributed by atoms with E-state index in [9.17, 15) is 0 Å². The first-order valence-corrected chi connectivity index (χ1v) is 3.65. The van der Waals surface area contributed by atoms with Gasteiger partial charge in [0.25, 0.3) is 0 Å². The van der Waals surface area contributed by atoms with E-state index in [0.717, 1.165) is 5.57 Å². The minimum atomic E-state index is -0.524. The van der Waals surface area contributed by atoms with E-state index < -0.39 is 5.50 Å². The highest BCUT2D eigenvalue weighted by molar-refractivity contribution is 6.21. The Hall–Kier alpha value is -0.570. The van der Waals surface area contributed by atoms with Crippen molar-refractivity contribution in [2.45, 2.75) is 12.4 Å². The van der Waals surface area contributed by atoms with Gasteiger partial charge in [0.2, 0.25) is 0 Å². The molecule has 0 aromatic rings. The van der Waals surface area contributed by atoms with Crippen LogP contribution in [0.4, 0.5) is 0 Å². The van der Waals surface area contributed by atoms with Gasteiger partial charge >= 0.3 is 0 Å². The molecule has 62 valence electrons. The van der Waals surface area contributed by atoms with Crippen LogP contribution in [-0.2, 0) is 0 Å². The summed E-state index contributed by atoms with van der Waals surface area (Å²) in [5.41, 5.74) is 2.25. The number of hydrogen-bond acceptors (Lipinski definition) is 2. The highest BCUT2D eigenvalue weighted by atomic mass is 35.5. The van der Waals surface area contributed by atoms with Gasteiger partial charge in [-0.25, -0.2) is 0 Å². The van der Waals surface area contributed by atoms with Crippen LogP contribution in [0.2, 0.25) is 0 Å². The standard InChI is InChI=1S/C8H12ClNO/c1-3-4-5-6-7(2)8(9)10-11/h3-6,8,10-11H,1H2,2H3/b5-4-,7-6+. The lowest BCUT2D eigenvalue weighted by molar-refractivity contribution is 0.165. The maximum atomic E-state index is 8.39. The number of hydroxylamine groups is 1. The Bertz CT molecular complexity index is 175. The molecule has 0 aliphatic heterocycles. The lowest BCUT2D eigenvalue weighted by Gasteiger charge is -2.04. The van der Waals surface area contributed by atoms with Crippen LogP contribution < -0.4 is 5.48 Å². The maximum Gasteiger partial charge on any atom is 0.127 e. The number of nitrogens with one attached hydrogen (secondary N) is 1. The van der Waals surface area contributed by atoms with Crippen LogP contribution in [0.5, 0.6) is 0 Å². The van der Waals surface area contributed by atoms with E-state index in [1.54, 1.807) is 24.3 Å².